The summed E-state index contributed by atoms with van der Waals surface area (Å²) in [5, 5.41) is 5.22. The third-order valence-electron chi connectivity index (χ3n) is 7.49. The van der Waals surface area contributed by atoms with E-state index in [1.807, 2.05) is 101 Å². The van der Waals surface area contributed by atoms with E-state index in [9.17, 15) is 14.4 Å². The molecule has 0 aliphatic heterocycles. The van der Waals surface area contributed by atoms with Crippen LogP contribution in [0.2, 0.25) is 0 Å². The number of methoxy groups -OCH3 is 1. The molecule has 7 nitrogen and oxygen atoms in total. The first-order valence-electron chi connectivity index (χ1n) is 15.1. The molecule has 0 aliphatic carbocycles. The first kappa shape index (κ1) is 32.2. The molecule has 5 aromatic rings. The summed E-state index contributed by atoms with van der Waals surface area (Å²) in [5.41, 5.74) is 3.55. The quantitative estimate of drug-likeness (QED) is 0.101. The molecular formula is C38H36N2O5S. The van der Waals surface area contributed by atoms with E-state index in [0.29, 0.717) is 55.1 Å². The molecule has 0 saturated heterocycles. The Morgan fingerprint density at radius 1 is 0.783 bits per heavy atom. The zero-order valence-electron chi connectivity index (χ0n) is 25.6. The fraction of sp³-hybridized carbons (Fsp3) is 0.184. The Kier molecular flexibility index (Phi) is 11.3. The Balaban J connectivity index is 1.21. The highest BCUT2D eigenvalue weighted by molar-refractivity contribution is 7.10. The number of hydrogen-bond donors (Lipinski definition) is 1. The number of thiophene rings is 1. The summed E-state index contributed by atoms with van der Waals surface area (Å²) in [5.74, 6) is 0.145. The lowest BCUT2D eigenvalue weighted by atomic mass is 10.00. The Hall–Kier alpha value is -5.21. The average Bonchev–Trinajstić information content (AvgIpc) is 3.61. The van der Waals surface area contributed by atoms with E-state index in [4.69, 9.17) is 9.47 Å². The second kappa shape index (κ2) is 16.2. The van der Waals surface area contributed by atoms with Crippen LogP contribution in [0.1, 0.15) is 31.9 Å². The summed E-state index contributed by atoms with van der Waals surface area (Å²) in [6.07, 6.45) is 0.697. The average molecular weight is 633 g/mol. The molecule has 1 N–H and O–H groups in total. The number of hydrogen-bond acceptors (Lipinski definition) is 7. The van der Waals surface area contributed by atoms with Crippen LogP contribution in [0.3, 0.4) is 0 Å². The van der Waals surface area contributed by atoms with Gasteiger partial charge in [-0.25, -0.2) is 4.79 Å². The van der Waals surface area contributed by atoms with Crippen molar-refractivity contribution in [2.45, 2.75) is 25.4 Å². The maximum absolute atomic E-state index is 13.2. The summed E-state index contributed by atoms with van der Waals surface area (Å²) in [7, 11) is 1.35. The SMILES string of the molecule is COC(=O)[C@H](Cc1ccc(OCCN(Cc2ccccc2)C(=O)Cc2cccs2)cc1)Nc1ccccc1C(=O)c1ccccc1. The van der Waals surface area contributed by atoms with Crippen molar-refractivity contribution in [3.63, 3.8) is 0 Å². The van der Waals surface area contributed by atoms with E-state index < -0.39 is 12.0 Å². The second-order valence-corrected chi connectivity index (χ2v) is 11.7. The number of carbonyl (C=O) groups excluding carboxylic acids is 3. The van der Waals surface area contributed by atoms with Crippen molar-refractivity contribution in [3.05, 3.63) is 154 Å². The van der Waals surface area contributed by atoms with Gasteiger partial charge in [-0.3, -0.25) is 9.59 Å². The summed E-state index contributed by atoms with van der Waals surface area (Å²) in [6.45, 7) is 1.28. The van der Waals surface area contributed by atoms with E-state index in [-0.39, 0.29) is 11.7 Å². The smallest absolute Gasteiger partial charge is 0.328 e. The Labute approximate surface area is 273 Å². The van der Waals surface area contributed by atoms with Crippen LogP contribution in [-0.2, 0) is 33.7 Å². The molecule has 4 aromatic carbocycles. The van der Waals surface area contributed by atoms with Crippen molar-refractivity contribution in [1.82, 2.24) is 4.90 Å². The van der Waals surface area contributed by atoms with E-state index in [1.165, 1.54) is 7.11 Å². The van der Waals surface area contributed by atoms with Gasteiger partial charge in [0.15, 0.2) is 5.78 Å². The molecule has 0 saturated carbocycles. The van der Waals surface area contributed by atoms with Gasteiger partial charge in [-0.15, -0.1) is 11.3 Å². The van der Waals surface area contributed by atoms with Crippen LogP contribution in [0.15, 0.2) is 127 Å². The normalized spacial score (nSPS) is 11.3. The number of ketones is 1. The van der Waals surface area contributed by atoms with Crippen LogP contribution in [0, 0.1) is 0 Å². The van der Waals surface area contributed by atoms with Gasteiger partial charge in [0.05, 0.1) is 20.1 Å². The van der Waals surface area contributed by atoms with E-state index in [2.05, 4.69) is 5.32 Å². The molecule has 234 valence electrons. The van der Waals surface area contributed by atoms with Crippen molar-refractivity contribution in [1.29, 1.82) is 0 Å². The number of carbonyl (C=O) groups is 3. The van der Waals surface area contributed by atoms with Crippen LogP contribution >= 0.6 is 11.3 Å². The summed E-state index contributed by atoms with van der Waals surface area (Å²) >= 11 is 1.58. The Morgan fingerprint density at radius 3 is 2.17 bits per heavy atom. The summed E-state index contributed by atoms with van der Waals surface area (Å²) in [4.78, 5) is 42.0. The molecule has 0 aliphatic rings. The summed E-state index contributed by atoms with van der Waals surface area (Å²) < 4.78 is 11.1. The molecule has 1 aromatic heterocycles. The lowest BCUT2D eigenvalue weighted by Crippen LogP contribution is -2.35. The van der Waals surface area contributed by atoms with Crippen molar-refractivity contribution in [2.75, 3.05) is 25.6 Å². The molecule has 0 fully saturated rings. The fourth-order valence-corrected chi connectivity index (χ4v) is 5.77. The maximum Gasteiger partial charge on any atom is 0.328 e. The maximum atomic E-state index is 13.2. The zero-order valence-corrected chi connectivity index (χ0v) is 26.5. The molecule has 46 heavy (non-hydrogen) atoms. The number of rotatable bonds is 15. The molecule has 1 amide bonds. The lowest BCUT2D eigenvalue weighted by Gasteiger charge is -2.23. The van der Waals surface area contributed by atoms with Gasteiger partial charge in [0.1, 0.15) is 18.4 Å². The van der Waals surface area contributed by atoms with Crippen LogP contribution in [0.25, 0.3) is 0 Å². The highest BCUT2D eigenvalue weighted by Gasteiger charge is 2.23. The number of para-hydroxylation sites is 1. The molecule has 1 atom stereocenters. The second-order valence-electron chi connectivity index (χ2n) is 10.7. The van der Waals surface area contributed by atoms with E-state index >= 15 is 0 Å². The number of benzene rings is 4. The van der Waals surface area contributed by atoms with Gasteiger partial charge in [-0.1, -0.05) is 91.0 Å². The fourth-order valence-electron chi connectivity index (χ4n) is 5.08. The molecule has 1 heterocycles. The van der Waals surface area contributed by atoms with Crippen LogP contribution in [0.5, 0.6) is 5.75 Å². The van der Waals surface area contributed by atoms with Gasteiger partial charge < -0.3 is 19.7 Å². The molecule has 0 spiro atoms. The number of nitrogens with zero attached hydrogens (tertiary/aromatic N) is 1. The van der Waals surface area contributed by atoms with Gasteiger partial charge in [0.2, 0.25) is 5.91 Å². The lowest BCUT2D eigenvalue weighted by molar-refractivity contribution is -0.141. The number of anilines is 1. The molecule has 0 radical (unpaired) electrons. The van der Waals surface area contributed by atoms with Gasteiger partial charge in [-0.05, 0) is 46.8 Å². The van der Waals surface area contributed by atoms with Gasteiger partial charge in [-0.2, -0.15) is 0 Å². The predicted molar refractivity (Wildman–Crippen MR) is 181 cm³/mol. The molecule has 8 heteroatoms. The standard InChI is InChI=1S/C38H36N2O5S/c1-44-38(43)35(39-34-17-9-8-16-33(34)37(42)30-13-6-3-7-14-30)25-28-18-20-31(21-19-28)45-23-22-40(27-29-11-4-2-5-12-29)36(41)26-32-15-10-24-46-32/h2-21,24,35,39H,22-23,25-27H2,1H3/t35-/m0/s1. The van der Waals surface area contributed by atoms with Gasteiger partial charge >= 0.3 is 5.97 Å². The monoisotopic (exact) mass is 632 g/mol. The number of ether oxygens (including phenoxy) is 2. The highest BCUT2D eigenvalue weighted by Crippen LogP contribution is 2.22. The number of esters is 1. The van der Waals surface area contributed by atoms with Gasteiger partial charge in [0.25, 0.3) is 0 Å². The Morgan fingerprint density at radius 2 is 1.48 bits per heavy atom. The van der Waals surface area contributed by atoms with Crippen molar-refractivity contribution in [2.24, 2.45) is 0 Å². The van der Waals surface area contributed by atoms with Crippen LogP contribution in [-0.4, -0.2) is 48.9 Å². The minimum Gasteiger partial charge on any atom is -0.492 e. The van der Waals surface area contributed by atoms with Gasteiger partial charge in [0, 0.05) is 34.7 Å². The van der Waals surface area contributed by atoms with Crippen LogP contribution < -0.4 is 10.1 Å². The van der Waals surface area contributed by atoms with Crippen molar-refractivity contribution < 1.29 is 23.9 Å². The third-order valence-corrected chi connectivity index (χ3v) is 8.37. The largest absolute Gasteiger partial charge is 0.492 e. The predicted octanol–water partition coefficient (Wildman–Crippen LogP) is 6.83. The first-order chi connectivity index (χ1) is 22.5. The topological polar surface area (TPSA) is 84.9 Å². The summed E-state index contributed by atoms with van der Waals surface area (Å²) in [6, 6.07) is 36.8. The molecule has 0 bridgehead atoms. The molecule has 5 rings (SSSR count). The van der Waals surface area contributed by atoms with E-state index in [0.717, 1.165) is 16.0 Å². The highest BCUT2D eigenvalue weighted by atomic mass is 32.1. The van der Waals surface area contributed by atoms with Crippen LogP contribution in [0.4, 0.5) is 5.69 Å². The minimum absolute atomic E-state index is 0.0543. The van der Waals surface area contributed by atoms with E-state index in [1.54, 1.807) is 41.7 Å². The number of nitrogens with one attached hydrogen (secondary N) is 1. The first-order valence-corrected chi connectivity index (χ1v) is 16.0. The minimum atomic E-state index is -0.720. The zero-order chi connectivity index (χ0) is 32.1. The van der Waals surface area contributed by atoms with Crippen molar-refractivity contribution in [3.8, 4) is 5.75 Å². The molecule has 0 unspecified atom stereocenters. The Bertz CT molecular complexity index is 1710. The van der Waals surface area contributed by atoms with Crippen molar-refractivity contribution >= 4 is 34.7 Å². The number of amides is 1. The molecular weight excluding hydrogens is 596 g/mol. The third kappa shape index (κ3) is 8.92.